The number of nitrogen functional groups attached to an aromatic ring is 1. The van der Waals surface area contributed by atoms with Crippen LogP contribution in [0.15, 0.2) is 6.20 Å². The molecule has 2 rings (SSSR count). The van der Waals surface area contributed by atoms with E-state index in [2.05, 4.69) is 20.2 Å². The second-order valence-electron chi connectivity index (χ2n) is 3.82. The van der Waals surface area contributed by atoms with Gasteiger partial charge in [-0.15, -0.1) is 0 Å². The smallest absolute Gasteiger partial charge is 0.224 e. The van der Waals surface area contributed by atoms with Crippen LogP contribution in [-0.4, -0.2) is 54.3 Å². The Hall–Kier alpha value is -1.11. The minimum absolute atomic E-state index is 0.202. The van der Waals surface area contributed by atoms with E-state index in [9.17, 15) is 0 Å². The quantitative estimate of drug-likeness (QED) is 0.763. The number of ether oxygens (including phenoxy) is 1. The van der Waals surface area contributed by atoms with Crippen molar-refractivity contribution in [1.82, 2.24) is 14.9 Å². The Morgan fingerprint density at radius 2 is 2.24 bits per heavy atom. The zero-order chi connectivity index (χ0) is 12.1. The number of anilines is 2. The lowest BCUT2D eigenvalue weighted by Crippen LogP contribution is -2.39. The first-order valence-corrected chi connectivity index (χ1v) is 5.95. The van der Waals surface area contributed by atoms with Crippen molar-refractivity contribution in [2.24, 2.45) is 0 Å². The highest BCUT2D eigenvalue weighted by atomic mass is 35.5. The van der Waals surface area contributed by atoms with E-state index in [-0.39, 0.29) is 5.28 Å². The summed E-state index contributed by atoms with van der Waals surface area (Å²) >= 11 is 5.70. The van der Waals surface area contributed by atoms with Gasteiger partial charge in [-0.3, -0.25) is 4.90 Å². The van der Waals surface area contributed by atoms with Crippen LogP contribution in [0.5, 0.6) is 0 Å². The Labute approximate surface area is 105 Å². The molecule has 0 spiro atoms. The van der Waals surface area contributed by atoms with E-state index in [1.807, 2.05) is 0 Å². The zero-order valence-electron chi connectivity index (χ0n) is 9.53. The molecule has 0 unspecified atom stereocenters. The van der Waals surface area contributed by atoms with Crippen LogP contribution in [0.25, 0.3) is 0 Å². The molecule has 0 radical (unpaired) electrons. The molecule has 0 amide bonds. The van der Waals surface area contributed by atoms with Crippen LogP contribution >= 0.6 is 11.6 Å². The number of hydrogen-bond donors (Lipinski definition) is 2. The van der Waals surface area contributed by atoms with E-state index in [0.29, 0.717) is 11.5 Å². The Morgan fingerprint density at radius 1 is 1.47 bits per heavy atom. The van der Waals surface area contributed by atoms with Crippen molar-refractivity contribution in [2.45, 2.75) is 0 Å². The molecule has 2 heterocycles. The second-order valence-corrected chi connectivity index (χ2v) is 4.16. The van der Waals surface area contributed by atoms with Gasteiger partial charge in [0, 0.05) is 26.2 Å². The average molecular weight is 258 g/mol. The highest BCUT2D eigenvalue weighted by molar-refractivity contribution is 6.28. The first-order chi connectivity index (χ1) is 8.25. The third-order valence-corrected chi connectivity index (χ3v) is 2.79. The van der Waals surface area contributed by atoms with Crippen LogP contribution in [-0.2, 0) is 4.74 Å². The summed E-state index contributed by atoms with van der Waals surface area (Å²) in [7, 11) is 0. The van der Waals surface area contributed by atoms with Gasteiger partial charge in [0.2, 0.25) is 5.28 Å². The predicted molar refractivity (Wildman–Crippen MR) is 67.2 cm³/mol. The normalized spacial score (nSPS) is 17.0. The molecule has 17 heavy (non-hydrogen) atoms. The van der Waals surface area contributed by atoms with Gasteiger partial charge < -0.3 is 15.8 Å². The summed E-state index contributed by atoms with van der Waals surface area (Å²) in [5.41, 5.74) is 6.24. The maximum Gasteiger partial charge on any atom is 0.224 e. The van der Waals surface area contributed by atoms with Gasteiger partial charge >= 0.3 is 0 Å². The number of nitrogens with one attached hydrogen (secondary N) is 1. The summed E-state index contributed by atoms with van der Waals surface area (Å²) in [6.07, 6.45) is 1.51. The molecule has 1 aliphatic heterocycles. The van der Waals surface area contributed by atoms with E-state index in [4.69, 9.17) is 22.1 Å². The first-order valence-electron chi connectivity index (χ1n) is 5.57. The lowest BCUT2D eigenvalue weighted by atomic mass is 10.4. The number of nitrogens with zero attached hydrogens (tertiary/aromatic N) is 3. The molecule has 1 aromatic heterocycles. The van der Waals surface area contributed by atoms with Crippen molar-refractivity contribution in [3.8, 4) is 0 Å². The number of morpholine rings is 1. The third kappa shape index (κ3) is 3.69. The second kappa shape index (κ2) is 6.00. The van der Waals surface area contributed by atoms with Crippen LogP contribution in [0.4, 0.5) is 11.5 Å². The van der Waals surface area contributed by atoms with Gasteiger partial charge in [0.25, 0.3) is 0 Å². The summed E-state index contributed by atoms with van der Waals surface area (Å²) in [6, 6.07) is 0. The van der Waals surface area contributed by atoms with E-state index in [0.717, 1.165) is 39.4 Å². The van der Waals surface area contributed by atoms with Gasteiger partial charge in [-0.25, -0.2) is 4.98 Å². The van der Waals surface area contributed by atoms with Crippen molar-refractivity contribution in [2.75, 3.05) is 50.4 Å². The topological polar surface area (TPSA) is 76.3 Å². The molecule has 0 aliphatic carbocycles. The predicted octanol–water partition coefficient (Wildman–Crippen LogP) is 0.456. The van der Waals surface area contributed by atoms with Gasteiger partial charge in [0.1, 0.15) is 0 Å². The third-order valence-electron chi connectivity index (χ3n) is 2.61. The molecular formula is C10H16ClN5O. The van der Waals surface area contributed by atoms with Crippen LogP contribution in [0, 0.1) is 0 Å². The summed E-state index contributed by atoms with van der Waals surface area (Å²) < 4.78 is 5.28. The van der Waals surface area contributed by atoms with Crippen LogP contribution < -0.4 is 11.1 Å². The molecule has 1 aliphatic rings. The van der Waals surface area contributed by atoms with Crippen molar-refractivity contribution in [3.63, 3.8) is 0 Å². The van der Waals surface area contributed by atoms with Crippen LogP contribution in [0.3, 0.4) is 0 Å². The maximum absolute atomic E-state index is 5.73. The van der Waals surface area contributed by atoms with Gasteiger partial charge in [-0.1, -0.05) is 0 Å². The number of aromatic nitrogens is 2. The average Bonchev–Trinajstić information content (AvgIpc) is 2.35. The Morgan fingerprint density at radius 3 is 3.00 bits per heavy atom. The number of hydrogen-bond acceptors (Lipinski definition) is 6. The summed E-state index contributed by atoms with van der Waals surface area (Å²) in [6.45, 7) is 5.27. The Balaban J connectivity index is 1.79. The number of rotatable bonds is 4. The summed E-state index contributed by atoms with van der Waals surface area (Å²) in [5, 5.41) is 3.36. The molecule has 0 aromatic carbocycles. The van der Waals surface area contributed by atoms with E-state index in [1.54, 1.807) is 0 Å². The molecule has 0 atom stereocenters. The minimum atomic E-state index is 0.202. The van der Waals surface area contributed by atoms with Gasteiger partial charge in [0.15, 0.2) is 5.82 Å². The largest absolute Gasteiger partial charge is 0.394 e. The van der Waals surface area contributed by atoms with Crippen LogP contribution in [0.1, 0.15) is 0 Å². The van der Waals surface area contributed by atoms with Crippen molar-refractivity contribution >= 4 is 23.1 Å². The summed E-state index contributed by atoms with van der Waals surface area (Å²) in [4.78, 5) is 10.2. The minimum Gasteiger partial charge on any atom is -0.394 e. The highest BCUT2D eigenvalue weighted by Crippen LogP contribution is 2.15. The molecule has 6 nitrogen and oxygen atoms in total. The Bertz CT molecular complexity index is 370. The van der Waals surface area contributed by atoms with Crippen molar-refractivity contribution in [1.29, 1.82) is 0 Å². The molecule has 94 valence electrons. The molecule has 1 aromatic rings. The lowest BCUT2D eigenvalue weighted by molar-refractivity contribution is 0.0398. The van der Waals surface area contributed by atoms with Gasteiger partial charge in [0.05, 0.1) is 25.1 Å². The van der Waals surface area contributed by atoms with Crippen molar-refractivity contribution in [3.05, 3.63) is 11.5 Å². The molecule has 1 saturated heterocycles. The molecule has 7 heteroatoms. The van der Waals surface area contributed by atoms with E-state index < -0.39 is 0 Å². The van der Waals surface area contributed by atoms with E-state index in [1.165, 1.54) is 6.20 Å². The molecular weight excluding hydrogens is 242 g/mol. The zero-order valence-corrected chi connectivity index (χ0v) is 10.3. The molecule has 0 bridgehead atoms. The van der Waals surface area contributed by atoms with Crippen molar-refractivity contribution < 1.29 is 4.74 Å². The number of nitrogens with two attached hydrogens (primary N) is 1. The lowest BCUT2D eigenvalue weighted by Gasteiger charge is -2.26. The van der Waals surface area contributed by atoms with Gasteiger partial charge in [-0.2, -0.15) is 4.98 Å². The molecule has 0 saturated carbocycles. The monoisotopic (exact) mass is 257 g/mol. The van der Waals surface area contributed by atoms with Crippen LogP contribution in [0.2, 0.25) is 5.28 Å². The van der Waals surface area contributed by atoms with E-state index >= 15 is 0 Å². The Kier molecular flexibility index (Phi) is 4.36. The fourth-order valence-corrected chi connectivity index (χ4v) is 1.80. The standard InChI is InChI=1S/C10H16ClN5O/c11-10-14-7-8(12)9(15-10)13-1-2-16-3-5-17-6-4-16/h7H,1-6,12H2,(H,13,14,15). The number of halogens is 1. The fourth-order valence-electron chi connectivity index (χ4n) is 1.67. The first kappa shape index (κ1) is 12.3. The fraction of sp³-hybridized carbons (Fsp3) is 0.600. The molecule has 1 fully saturated rings. The van der Waals surface area contributed by atoms with Gasteiger partial charge in [-0.05, 0) is 11.6 Å². The summed E-state index contributed by atoms with van der Waals surface area (Å²) in [5.74, 6) is 0.596. The highest BCUT2D eigenvalue weighted by Gasteiger charge is 2.10. The SMILES string of the molecule is Nc1cnc(Cl)nc1NCCN1CCOCC1. The molecule has 3 N–H and O–H groups in total. The maximum atomic E-state index is 5.73.